The molecular formula is C13H24IN5O. The molecule has 0 saturated heterocycles. The van der Waals surface area contributed by atoms with E-state index in [4.69, 9.17) is 4.52 Å². The Kier molecular flexibility index (Phi) is 7.25. The third kappa shape index (κ3) is 5.26. The first kappa shape index (κ1) is 17.2. The number of hydrogen-bond acceptors (Lipinski definition) is 4. The summed E-state index contributed by atoms with van der Waals surface area (Å²) >= 11 is 0. The van der Waals surface area contributed by atoms with Gasteiger partial charge in [0.05, 0.1) is 6.54 Å². The van der Waals surface area contributed by atoms with Crippen LogP contribution < -0.4 is 10.6 Å². The van der Waals surface area contributed by atoms with Gasteiger partial charge in [-0.25, -0.2) is 0 Å². The second-order valence-electron chi connectivity index (χ2n) is 5.27. The summed E-state index contributed by atoms with van der Waals surface area (Å²) in [6.45, 7) is 4.62. The van der Waals surface area contributed by atoms with E-state index in [1.54, 1.807) is 14.0 Å². The largest absolute Gasteiger partial charge is 0.354 e. The maximum absolute atomic E-state index is 4.93. The van der Waals surface area contributed by atoms with E-state index in [1.165, 1.54) is 25.7 Å². The molecule has 1 aromatic heterocycles. The van der Waals surface area contributed by atoms with Crippen molar-refractivity contribution in [2.24, 2.45) is 10.9 Å². The van der Waals surface area contributed by atoms with Crippen LogP contribution in [0.15, 0.2) is 9.52 Å². The third-order valence-corrected chi connectivity index (χ3v) is 3.48. The lowest BCUT2D eigenvalue weighted by molar-refractivity contribution is 0.324. The highest BCUT2D eigenvalue weighted by atomic mass is 127. The van der Waals surface area contributed by atoms with Crippen molar-refractivity contribution in [2.75, 3.05) is 7.05 Å². The Bertz CT molecular complexity index is 434. The second kappa shape index (κ2) is 8.43. The Morgan fingerprint density at radius 3 is 2.85 bits per heavy atom. The van der Waals surface area contributed by atoms with Crippen molar-refractivity contribution in [3.63, 3.8) is 0 Å². The molecule has 0 radical (unpaired) electrons. The van der Waals surface area contributed by atoms with Crippen LogP contribution in [0.1, 0.15) is 44.3 Å². The summed E-state index contributed by atoms with van der Waals surface area (Å²) in [6.07, 6.45) is 5.06. The zero-order valence-electron chi connectivity index (χ0n) is 12.3. The average Bonchev–Trinajstić information content (AvgIpc) is 2.80. The summed E-state index contributed by atoms with van der Waals surface area (Å²) in [7, 11) is 1.78. The first-order valence-corrected chi connectivity index (χ1v) is 6.93. The molecule has 7 heteroatoms. The number of aliphatic imine (C=N–C) groups is 1. The Hall–Kier alpha value is -0.860. The first-order valence-electron chi connectivity index (χ1n) is 6.93. The molecule has 2 rings (SSSR count). The van der Waals surface area contributed by atoms with Crippen molar-refractivity contribution < 1.29 is 4.52 Å². The molecule has 20 heavy (non-hydrogen) atoms. The van der Waals surface area contributed by atoms with Crippen molar-refractivity contribution in [3.8, 4) is 0 Å². The normalized spacial score (nSPS) is 23.1. The molecular weight excluding hydrogens is 369 g/mol. The molecule has 1 aromatic rings. The fourth-order valence-electron chi connectivity index (χ4n) is 2.53. The minimum absolute atomic E-state index is 0. The molecule has 0 bridgehead atoms. The van der Waals surface area contributed by atoms with Gasteiger partial charge in [0.25, 0.3) is 0 Å². The minimum atomic E-state index is 0. The van der Waals surface area contributed by atoms with E-state index in [-0.39, 0.29) is 24.0 Å². The van der Waals surface area contributed by atoms with Crippen molar-refractivity contribution in [2.45, 2.75) is 52.1 Å². The van der Waals surface area contributed by atoms with Gasteiger partial charge in [-0.1, -0.05) is 24.9 Å². The van der Waals surface area contributed by atoms with Crippen LogP contribution in [0.2, 0.25) is 0 Å². The maximum atomic E-state index is 4.93. The highest BCUT2D eigenvalue weighted by molar-refractivity contribution is 14.0. The minimum Gasteiger partial charge on any atom is -0.354 e. The Morgan fingerprint density at radius 1 is 1.45 bits per heavy atom. The van der Waals surface area contributed by atoms with Crippen LogP contribution in [0.5, 0.6) is 0 Å². The molecule has 1 heterocycles. The Labute approximate surface area is 137 Å². The van der Waals surface area contributed by atoms with Crippen molar-refractivity contribution in [1.82, 2.24) is 20.8 Å². The molecule has 0 amide bonds. The van der Waals surface area contributed by atoms with E-state index in [9.17, 15) is 0 Å². The average molecular weight is 393 g/mol. The molecule has 1 fully saturated rings. The molecule has 114 valence electrons. The SMILES string of the molecule is CN=C(NCc1noc(C)n1)NC1CCCC(C)C1.I. The Morgan fingerprint density at radius 2 is 2.25 bits per heavy atom. The van der Waals surface area contributed by atoms with E-state index in [0.717, 1.165) is 11.9 Å². The van der Waals surface area contributed by atoms with Crippen LogP contribution in [0.25, 0.3) is 0 Å². The van der Waals surface area contributed by atoms with Crippen LogP contribution in [-0.4, -0.2) is 29.2 Å². The van der Waals surface area contributed by atoms with Gasteiger partial charge in [-0.3, -0.25) is 4.99 Å². The maximum Gasteiger partial charge on any atom is 0.223 e. The number of nitrogens with one attached hydrogen (secondary N) is 2. The van der Waals surface area contributed by atoms with Gasteiger partial charge in [-0.15, -0.1) is 24.0 Å². The molecule has 1 aliphatic carbocycles. The fourth-order valence-corrected chi connectivity index (χ4v) is 2.53. The predicted octanol–water partition coefficient (Wildman–Crippen LogP) is 2.24. The number of guanidine groups is 1. The number of halogens is 1. The highest BCUT2D eigenvalue weighted by Crippen LogP contribution is 2.23. The quantitative estimate of drug-likeness (QED) is 0.468. The van der Waals surface area contributed by atoms with Crippen molar-refractivity contribution >= 4 is 29.9 Å². The van der Waals surface area contributed by atoms with Gasteiger partial charge < -0.3 is 15.2 Å². The van der Waals surface area contributed by atoms with Gasteiger partial charge in [0, 0.05) is 20.0 Å². The van der Waals surface area contributed by atoms with E-state index >= 15 is 0 Å². The summed E-state index contributed by atoms with van der Waals surface area (Å²) < 4.78 is 4.93. The van der Waals surface area contributed by atoms with E-state index in [2.05, 4.69) is 32.7 Å². The van der Waals surface area contributed by atoms with Gasteiger partial charge in [0.15, 0.2) is 11.8 Å². The molecule has 2 atom stereocenters. The number of aryl methyl sites for hydroxylation is 1. The second-order valence-corrected chi connectivity index (χ2v) is 5.27. The molecule has 1 saturated carbocycles. The smallest absolute Gasteiger partial charge is 0.223 e. The van der Waals surface area contributed by atoms with Crippen LogP contribution in [0, 0.1) is 12.8 Å². The van der Waals surface area contributed by atoms with Gasteiger partial charge in [0.2, 0.25) is 5.89 Å². The third-order valence-electron chi connectivity index (χ3n) is 3.48. The lowest BCUT2D eigenvalue weighted by Crippen LogP contribution is -2.44. The lowest BCUT2D eigenvalue weighted by Gasteiger charge is -2.28. The van der Waals surface area contributed by atoms with Crippen LogP contribution in [0.4, 0.5) is 0 Å². The van der Waals surface area contributed by atoms with Crippen LogP contribution >= 0.6 is 24.0 Å². The monoisotopic (exact) mass is 393 g/mol. The van der Waals surface area contributed by atoms with Gasteiger partial charge in [0.1, 0.15) is 0 Å². The molecule has 2 N–H and O–H groups in total. The lowest BCUT2D eigenvalue weighted by atomic mass is 9.87. The molecule has 0 spiro atoms. The molecule has 0 aromatic carbocycles. The van der Waals surface area contributed by atoms with Crippen LogP contribution in [0.3, 0.4) is 0 Å². The first-order chi connectivity index (χ1) is 9.17. The van der Waals surface area contributed by atoms with Crippen LogP contribution in [-0.2, 0) is 6.54 Å². The summed E-state index contributed by atoms with van der Waals surface area (Å²) in [5, 5.41) is 10.5. The topological polar surface area (TPSA) is 75.3 Å². The zero-order chi connectivity index (χ0) is 13.7. The molecule has 0 aliphatic heterocycles. The van der Waals surface area contributed by atoms with Crippen molar-refractivity contribution in [1.29, 1.82) is 0 Å². The summed E-state index contributed by atoms with van der Waals surface area (Å²) in [4.78, 5) is 8.39. The molecule has 2 unspecified atom stereocenters. The number of nitrogens with zero attached hydrogens (tertiary/aromatic N) is 3. The predicted molar refractivity (Wildman–Crippen MR) is 89.2 cm³/mol. The zero-order valence-corrected chi connectivity index (χ0v) is 14.7. The standard InChI is InChI=1S/C13H23N5O.HI/c1-9-5-4-6-11(7-9)17-13(14-3)15-8-12-16-10(2)19-18-12;/h9,11H,4-8H2,1-3H3,(H2,14,15,17);1H. The van der Waals surface area contributed by atoms with E-state index in [0.29, 0.717) is 24.3 Å². The van der Waals surface area contributed by atoms with Gasteiger partial charge >= 0.3 is 0 Å². The number of aromatic nitrogens is 2. The van der Waals surface area contributed by atoms with E-state index in [1.807, 2.05) is 0 Å². The number of rotatable bonds is 3. The molecule has 1 aliphatic rings. The highest BCUT2D eigenvalue weighted by Gasteiger charge is 2.19. The Balaban J connectivity index is 0.00000200. The van der Waals surface area contributed by atoms with Crippen molar-refractivity contribution in [3.05, 3.63) is 11.7 Å². The summed E-state index contributed by atoms with van der Waals surface area (Å²) in [5.41, 5.74) is 0. The summed E-state index contributed by atoms with van der Waals surface area (Å²) in [5.74, 6) is 2.84. The van der Waals surface area contributed by atoms with E-state index < -0.39 is 0 Å². The fraction of sp³-hybridized carbons (Fsp3) is 0.769. The van der Waals surface area contributed by atoms with Gasteiger partial charge in [-0.05, 0) is 18.8 Å². The number of hydrogen-bond donors (Lipinski definition) is 2. The molecule has 6 nitrogen and oxygen atoms in total. The van der Waals surface area contributed by atoms with Gasteiger partial charge in [-0.2, -0.15) is 4.98 Å². The summed E-state index contributed by atoms with van der Waals surface area (Å²) in [6, 6.07) is 0.516.